The fraction of sp³-hybridized carbons (Fsp3) is 0.625. The minimum absolute atomic E-state index is 0.315. The number of aliphatic hydroxyl groups is 1. The molecule has 0 radical (unpaired) electrons. The molecule has 0 amide bonds. The Morgan fingerprint density at radius 3 is 2.77 bits per heavy atom. The summed E-state index contributed by atoms with van der Waals surface area (Å²) in [4.78, 5) is 4.37. The van der Waals surface area contributed by atoms with Crippen LogP contribution in [0.1, 0.15) is 64.4 Å². The van der Waals surface area contributed by atoms with E-state index in [2.05, 4.69) is 36.2 Å². The van der Waals surface area contributed by atoms with Gasteiger partial charge in [0.25, 0.3) is 0 Å². The first-order valence-electron chi connectivity index (χ1n) is 10.5. The van der Waals surface area contributed by atoms with E-state index in [0.29, 0.717) is 5.41 Å². The molecule has 4 aliphatic carbocycles. The van der Waals surface area contributed by atoms with Crippen LogP contribution in [0, 0.1) is 29.1 Å². The first-order chi connectivity index (χ1) is 12.5. The van der Waals surface area contributed by atoms with Crippen LogP contribution in [0.15, 0.2) is 42.3 Å². The van der Waals surface area contributed by atoms with E-state index in [1.54, 1.807) is 11.1 Å². The molecule has 0 aliphatic heterocycles. The molecule has 1 heterocycles. The van der Waals surface area contributed by atoms with Gasteiger partial charge in [-0.25, -0.2) is 0 Å². The Balaban J connectivity index is 1.44. The van der Waals surface area contributed by atoms with E-state index in [1.807, 2.05) is 19.3 Å². The van der Waals surface area contributed by atoms with Gasteiger partial charge in [-0.15, -0.1) is 0 Å². The fourth-order valence-corrected chi connectivity index (χ4v) is 7.00. The Morgan fingerprint density at radius 1 is 1.08 bits per heavy atom. The maximum Gasteiger partial charge on any atom is 0.0657 e. The first-order valence-corrected chi connectivity index (χ1v) is 10.5. The van der Waals surface area contributed by atoms with Crippen LogP contribution in [-0.2, 0) is 0 Å². The van der Waals surface area contributed by atoms with Gasteiger partial charge in [-0.3, -0.25) is 4.98 Å². The van der Waals surface area contributed by atoms with Gasteiger partial charge in [-0.05, 0) is 98.2 Å². The van der Waals surface area contributed by atoms with E-state index >= 15 is 0 Å². The van der Waals surface area contributed by atoms with Gasteiger partial charge in [0.05, 0.1) is 5.60 Å². The Labute approximate surface area is 157 Å². The van der Waals surface area contributed by atoms with Crippen molar-refractivity contribution >= 4 is 5.57 Å². The molecule has 2 saturated carbocycles. The fourth-order valence-electron chi connectivity index (χ4n) is 7.00. The number of hydrogen-bond acceptors (Lipinski definition) is 2. The summed E-state index contributed by atoms with van der Waals surface area (Å²) in [6.45, 7) is 4.54. The number of hydrogen-bond donors (Lipinski definition) is 1. The highest BCUT2D eigenvalue weighted by Gasteiger charge is 2.53. The van der Waals surface area contributed by atoms with Crippen LogP contribution in [0.3, 0.4) is 0 Å². The molecule has 138 valence electrons. The lowest BCUT2D eigenvalue weighted by atomic mass is 9.51. The zero-order valence-electron chi connectivity index (χ0n) is 16.1. The van der Waals surface area contributed by atoms with Crippen LogP contribution in [0.5, 0.6) is 0 Å². The van der Waals surface area contributed by atoms with Crippen LogP contribution in [0.4, 0.5) is 0 Å². The minimum Gasteiger partial charge on any atom is -0.390 e. The number of fused-ring (bicyclic) bond motifs is 5. The highest BCUT2D eigenvalue weighted by Crippen LogP contribution is 2.63. The van der Waals surface area contributed by atoms with Crippen LogP contribution >= 0.6 is 0 Å². The van der Waals surface area contributed by atoms with Crippen molar-refractivity contribution in [2.75, 3.05) is 0 Å². The van der Waals surface area contributed by atoms with Gasteiger partial charge in [0.15, 0.2) is 0 Å². The van der Waals surface area contributed by atoms with Gasteiger partial charge in [-0.2, -0.15) is 0 Å². The summed E-state index contributed by atoms with van der Waals surface area (Å²) in [6, 6.07) is 4.31. The zero-order chi connectivity index (χ0) is 17.9. The van der Waals surface area contributed by atoms with Crippen LogP contribution in [-0.4, -0.2) is 15.7 Å². The molecule has 1 N–H and O–H groups in total. The SMILES string of the molecule is C[C@]1(O)CCC2C(=CC[C@H]3C4CC=C(c5cccnc5)[C@@]4(C)CC[C@H]23)C1. The van der Waals surface area contributed by atoms with Gasteiger partial charge >= 0.3 is 0 Å². The largest absolute Gasteiger partial charge is 0.390 e. The topological polar surface area (TPSA) is 33.1 Å². The smallest absolute Gasteiger partial charge is 0.0657 e. The molecule has 6 atom stereocenters. The van der Waals surface area contributed by atoms with Crippen molar-refractivity contribution in [3.8, 4) is 0 Å². The number of aromatic nitrogens is 1. The number of allylic oxidation sites excluding steroid dienone is 3. The Hall–Kier alpha value is -1.41. The van der Waals surface area contributed by atoms with E-state index in [0.717, 1.165) is 36.5 Å². The summed E-state index contributed by atoms with van der Waals surface area (Å²) >= 11 is 0. The van der Waals surface area contributed by atoms with Crippen molar-refractivity contribution in [3.63, 3.8) is 0 Å². The van der Waals surface area contributed by atoms with Gasteiger partial charge in [0, 0.05) is 12.4 Å². The lowest BCUT2D eigenvalue weighted by molar-refractivity contribution is -0.0122. The highest BCUT2D eigenvalue weighted by molar-refractivity contribution is 5.72. The van der Waals surface area contributed by atoms with E-state index in [1.165, 1.54) is 37.7 Å². The van der Waals surface area contributed by atoms with Crippen molar-refractivity contribution in [1.29, 1.82) is 0 Å². The van der Waals surface area contributed by atoms with Gasteiger partial charge in [0.1, 0.15) is 0 Å². The standard InChI is InChI=1S/C24H31NO/c1-23(26)11-9-18-16(14-23)5-6-20-19(18)10-12-24(2)21(7-8-22(20)24)17-4-3-13-25-15-17/h3-5,7,13,15,18-20,22,26H,6,8-12,14H2,1-2H3/t18?,19-,20-,22?,23+,24-/m1/s1. The van der Waals surface area contributed by atoms with E-state index in [-0.39, 0.29) is 0 Å². The third-order valence-electron chi connectivity index (χ3n) is 8.27. The lowest BCUT2D eigenvalue weighted by Crippen LogP contribution is -2.46. The second-order valence-corrected chi connectivity index (χ2v) is 9.82. The summed E-state index contributed by atoms with van der Waals surface area (Å²) in [5.74, 6) is 3.17. The van der Waals surface area contributed by atoms with Gasteiger partial charge in [0.2, 0.25) is 0 Å². The third-order valence-corrected chi connectivity index (χ3v) is 8.27. The normalized spacial score (nSPS) is 44.4. The lowest BCUT2D eigenvalue weighted by Gasteiger charge is -2.54. The predicted octanol–water partition coefficient (Wildman–Crippen LogP) is 5.40. The summed E-state index contributed by atoms with van der Waals surface area (Å²) in [5.41, 5.74) is 4.30. The summed E-state index contributed by atoms with van der Waals surface area (Å²) in [7, 11) is 0. The quantitative estimate of drug-likeness (QED) is 0.689. The number of nitrogens with zero attached hydrogens (tertiary/aromatic N) is 1. The van der Waals surface area contributed by atoms with Crippen molar-refractivity contribution in [2.45, 2.75) is 64.4 Å². The van der Waals surface area contributed by atoms with Crippen molar-refractivity contribution < 1.29 is 5.11 Å². The minimum atomic E-state index is -0.471. The molecule has 4 aliphatic rings. The second kappa shape index (κ2) is 5.79. The summed E-state index contributed by atoms with van der Waals surface area (Å²) in [6.07, 6.45) is 17.1. The average Bonchev–Trinajstić information content (AvgIpc) is 2.98. The number of pyridine rings is 1. The van der Waals surface area contributed by atoms with Crippen molar-refractivity contribution in [3.05, 3.63) is 47.8 Å². The van der Waals surface area contributed by atoms with E-state index in [9.17, 15) is 5.11 Å². The average molecular weight is 350 g/mol. The molecule has 0 spiro atoms. The zero-order valence-corrected chi connectivity index (χ0v) is 16.1. The predicted molar refractivity (Wildman–Crippen MR) is 105 cm³/mol. The molecule has 2 nitrogen and oxygen atoms in total. The van der Waals surface area contributed by atoms with Crippen LogP contribution < -0.4 is 0 Å². The van der Waals surface area contributed by atoms with Crippen LogP contribution in [0.2, 0.25) is 0 Å². The molecule has 2 unspecified atom stereocenters. The molecule has 1 aromatic rings. The molecule has 2 fully saturated rings. The van der Waals surface area contributed by atoms with E-state index < -0.39 is 5.60 Å². The molecule has 0 aromatic carbocycles. The maximum absolute atomic E-state index is 10.5. The Morgan fingerprint density at radius 2 is 1.96 bits per heavy atom. The number of rotatable bonds is 1. The summed E-state index contributed by atoms with van der Waals surface area (Å²) in [5, 5.41) is 10.5. The van der Waals surface area contributed by atoms with Gasteiger partial charge < -0.3 is 5.11 Å². The molecule has 26 heavy (non-hydrogen) atoms. The Bertz CT molecular complexity index is 762. The van der Waals surface area contributed by atoms with Gasteiger partial charge in [-0.1, -0.05) is 30.7 Å². The molecule has 0 saturated heterocycles. The van der Waals surface area contributed by atoms with Crippen molar-refractivity contribution in [1.82, 2.24) is 4.98 Å². The van der Waals surface area contributed by atoms with E-state index in [4.69, 9.17) is 0 Å². The Kier molecular flexibility index (Phi) is 3.73. The molecular weight excluding hydrogens is 318 g/mol. The molecule has 2 heteroatoms. The molecule has 1 aromatic heterocycles. The molecule has 0 bridgehead atoms. The molecular formula is C24H31NO. The highest BCUT2D eigenvalue weighted by atomic mass is 16.3. The third kappa shape index (κ3) is 2.45. The van der Waals surface area contributed by atoms with Crippen molar-refractivity contribution in [2.24, 2.45) is 29.1 Å². The summed E-state index contributed by atoms with van der Waals surface area (Å²) < 4.78 is 0. The second-order valence-electron chi connectivity index (χ2n) is 9.82. The monoisotopic (exact) mass is 349 g/mol. The first kappa shape index (κ1) is 16.7. The molecule has 5 rings (SSSR count). The maximum atomic E-state index is 10.5. The van der Waals surface area contributed by atoms with Crippen LogP contribution in [0.25, 0.3) is 5.57 Å².